The molecule has 154 valence electrons. The van der Waals surface area contributed by atoms with E-state index < -0.39 is 15.7 Å². The number of hydrogen-bond acceptors (Lipinski definition) is 7. The second-order valence-electron chi connectivity index (χ2n) is 7.68. The zero-order chi connectivity index (χ0) is 20.2. The topological polar surface area (TPSA) is 71.4 Å². The van der Waals surface area contributed by atoms with Gasteiger partial charge in [-0.05, 0) is 17.5 Å². The third-order valence-electron chi connectivity index (χ3n) is 5.99. The van der Waals surface area contributed by atoms with Crippen LogP contribution in [0.5, 0.6) is 11.5 Å². The highest BCUT2D eigenvalue weighted by Gasteiger charge is 2.53. The van der Waals surface area contributed by atoms with E-state index in [1.165, 1.54) is 10.6 Å². The van der Waals surface area contributed by atoms with Crippen LogP contribution in [0.25, 0.3) is 0 Å². The fourth-order valence-corrected chi connectivity index (χ4v) is 6.09. The van der Waals surface area contributed by atoms with Crippen molar-refractivity contribution in [2.24, 2.45) is 5.10 Å². The molecule has 2 aromatic rings. The minimum absolute atomic E-state index is 0.0516. The summed E-state index contributed by atoms with van der Waals surface area (Å²) in [6, 6.07) is 10.1. The van der Waals surface area contributed by atoms with Crippen LogP contribution in [0.1, 0.15) is 35.7 Å². The number of rotatable bonds is 3. The monoisotopic (exact) mass is 433 g/mol. The van der Waals surface area contributed by atoms with Crippen molar-refractivity contribution in [1.82, 2.24) is 9.31 Å². The van der Waals surface area contributed by atoms with Gasteiger partial charge >= 0.3 is 0 Å². The van der Waals surface area contributed by atoms with Gasteiger partial charge in [0.2, 0.25) is 15.7 Å². The summed E-state index contributed by atoms with van der Waals surface area (Å²) in [5.74, 6) is 1.46. The molecule has 29 heavy (non-hydrogen) atoms. The standard InChI is InChI=1S/C20H23N3O4S2/c1-26-17-6-3-5-14-16-13-15(18-7-4-12-28-18)21-23(16)20(27-19(14)17)8-10-22(11-9-20)29(2,24)25/h3-7,12,16H,8-11,13H2,1-2H3/t16-/m1/s1. The Bertz CT molecular complexity index is 1060. The number of piperidine rings is 1. The van der Waals surface area contributed by atoms with Crippen molar-refractivity contribution in [2.75, 3.05) is 26.5 Å². The molecule has 0 amide bonds. The molecule has 1 aromatic heterocycles. The average molecular weight is 434 g/mol. The molecule has 3 aliphatic heterocycles. The second kappa shape index (κ2) is 6.72. The molecule has 0 N–H and O–H groups in total. The summed E-state index contributed by atoms with van der Waals surface area (Å²) in [5, 5.41) is 9.14. The largest absolute Gasteiger partial charge is 0.493 e. The molecular formula is C20H23N3O4S2. The Morgan fingerprint density at radius 2 is 2.03 bits per heavy atom. The van der Waals surface area contributed by atoms with Gasteiger partial charge in [-0.1, -0.05) is 18.2 Å². The summed E-state index contributed by atoms with van der Waals surface area (Å²) in [5.41, 5.74) is 1.44. The Kier molecular flexibility index (Phi) is 4.38. The Balaban J connectivity index is 1.57. The minimum Gasteiger partial charge on any atom is -0.493 e. The van der Waals surface area contributed by atoms with Crippen LogP contribution >= 0.6 is 11.3 Å². The van der Waals surface area contributed by atoms with Gasteiger partial charge < -0.3 is 9.47 Å². The lowest BCUT2D eigenvalue weighted by atomic mass is 9.91. The number of benzene rings is 1. The van der Waals surface area contributed by atoms with Crippen molar-refractivity contribution < 1.29 is 17.9 Å². The second-order valence-corrected chi connectivity index (χ2v) is 10.6. The highest BCUT2D eigenvalue weighted by molar-refractivity contribution is 7.88. The Morgan fingerprint density at radius 1 is 1.24 bits per heavy atom. The van der Waals surface area contributed by atoms with Gasteiger partial charge in [-0.15, -0.1) is 11.3 Å². The van der Waals surface area contributed by atoms with Crippen molar-refractivity contribution >= 4 is 27.1 Å². The van der Waals surface area contributed by atoms with Crippen LogP contribution in [0.2, 0.25) is 0 Å². The van der Waals surface area contributed by atoms with E-state index in [2.05, 4.69) is 22.5 Å². The summed E-state index contributed by atoms with van der Waals surface area (Å²) in [4.78, 5) is 1.16. The van der Waals surface area contributed by atoms with E-state index >= 15 is 0 Å². The molecule has 0 aliphatic carbocycles. The molecule has 5 rings (SSSR count). The van der Waals surface area contributed by atoms with Crippen LogP contribution < -0.4 is 9.47 Å². The summed E-state index contributed by atoms with van der Waals surface area (Å²) < 4.78 is 37.7. The molecular weight excluding hydrogens is 410 g/mol. The lowest BCUT2D eigenvalue weighted by Crippen LogP contribution is -2.59. The highest BCUT2D eigenvalue weighted by Crippen LogP contribution is 2.52. The molecule has 9 heteroatoms. The fourth-order valence-electron chi connectivity index (χ4n) is 4.52. The predicted octanol–water partition coefficient (Wildman–Crippen LogP) is 3.05. The van der Waals surface area contributed by atoms with E-state index in [1.54, 1.807) is 18.4 Å². The predicted molar refractivity (Wildman–Crippen MR) is 112 cm³/mol. The molecule has 1 atom stereocenters. The molecule has 1 fully saturated rings. The van der Waals surface area contributed by atoms with Crippen molar-refractivity contribution in [3.8, 4) is 11.5 Å². The van der Waals surface area contributed by atoms with Crippen molar-refractivity contribution in [2.45, 2.75) is 31.0 Å². The van der Waals surface area contributed by atoms with E-state index in [-0.39, 0.29) is 6.04 Å². The van der Waals surface area contributed by atoms with Gasteiger partial charge in [-0.3, -0.25) is 0 Å². The number of para-hydroxylation sites is 1. The Labute approximate surface area is 174 Å². The summed E-state index contributed by atoms with van der Waals surface area (Å²) in [6.07, 6.45) is 3.16. The third-order valence-corrected chi connectivity index (χ3v) is 8.21. The Morgan fingerprint density at radius 3 is 2.69 bits per heavy atom. The summed E-state index contributed by atoms with van der Waals surface area (Å²) in [7, 11) is -1.58. The van der Waals surface area contributed by atoms with Gasteiger partial charge in [0.05, 0.1) is 30.0 Å². The first-order chi connectivity index (χ1) is 13.9. The molecule has 4 heterocycles. The summed E-state index contributed by atoms with van der Waals surface area (Å²) >= 11 is 1.68. The van der Waals surface area contributed by atoms with Gasteiger partial charge in [-0.2, -0.15) is 5.10 Å². The average Bonchev–Trinajstić information content (AvgIpc) is 3.38. The Hall–Kier alpha value is -2.10. The van der Waals surface area contributed by atoms with Gasteiger partial charge in [0.15, 0.2) is 11.5 Å². The van der Waals surface area contributed by atoms with Crippen LogP contribution in [0.4, 0.5) is 0 Å². The van der Waals surface area contributed by atoms with Crippen LogP contribution in [0.15, 0.2) is 40.8 Å². The number of sulfonamides is 1. The lowest BCUT2D eigenvalue weighted by molar-refractivity contribution is -0.144. The molecule has 1 aromatic carbocycles. The molecule has 0 bridgehead atoms. The smallest absolute Gasteiger partial charge is 0.211 e. The molecule has 1 spiro atoms. The van der Waals surface area contributed by atoms with Crippen molar-refractivity contribution in [3.63, 3.8) is 0 Å². The van der Waals surface area contributed by atoms with Gasteiger partial charge in [-0.25, -0.2) is 17.7 Å². The lowest BCUT2D eigenvalue weighted by Gasteiger charge is -2.50. The number of thiophene rings is 1. The van der Waals surface area contributed by atoms with E-state index in [4.69, 9.17) is 14.6 Å². The molecule has 1 saturated heterocycles. The van der Waals surface area contributed by atoms with Gasteiger partial charge in [0.1, 0.15) is 0 Å². The quantitative estimate of drug-likeness (QED) is 0.744. The molecule has 3 aliphatic rings. The summed E-state index contributed by atoms with van der Waals surface area (Å²) in [6.45, 7) is 0.826. The van der Waals surface area contributed by atoms with Gasteiger partial charge in [0, 0.05) is 37.9 Å². The van der Waals surface area contributed by atoms with Crippen LogP contribution in [0.3, 0.4) is 0 Å². The number of ether oxygens (including phenoxy) is 2. The van der Waals surface area contributed by atoms with Crippen molar-refractivity contribution in [1.29, 1.82) is 0 Å². The zero-order valence-electron chi connectivity index (χ0n) is 16.4. The number of fused-ring (bicyclic) bond motifs is 4. The van der Waals surface area contributed by atoms with E-state index in [9.17, 15) is 8.42 Å². The van der Waals surface area contributed by atoms with E-state index in [1.807, 2.05) is 18.2 Å². The zero-order valence-corrected chi connectivity index (χ0v) is 18.0. The minimum atomic E-state index is -3.22. The van der Waals surface area contributed by atoms with E-state index in [0.29, 0.717) is 31.7 Å². The molecule has 0 radical (unpaired) electrons. The third kappa shape index (κ3) is 3.03. The molecule has 0 saturated carbocycles. The SMILES string of the molecule is COc1cccc2c1OC1(CCN(S(C)(=O)=O)CC1)N1N=C(c3cccs3)C[C@H]21. The van der Waals surface area contributed by atoms with Gasteiger partial charge in [0.25, 0.3) is 0 Å². The first-order valence-corrected chi connectivity index (χ1v) is 12.4. The number of hydrogen-bond donors (Lipinski definition) is 0. The van der Waals surface area contributed by atoms with Crippen LogP contribution in [-0.2, 0) is 10.0 Å². The number of hydrazone groups is 1. The normalized spacial score (nSPS) is 23.3. The highest BCUT2D eigenvalue weighted by atomic mass is 32.2. The fraction of sp³-hybridized carbons (Fsp3) is 0.450. The van der Waals surface area contributed by atoms with E-state index in [0.717, 1.165) is 28.3 Å². The molecule has 7 nitrogen and oxygen atoms in total. The maximum atomic E-state index is 12.0. The van der Waals surface area contributed by atoms with Crippen LogP contribution in [-0.4, -0.2) is 55.6 Å². The number of nitrogens with zero attached hydrogens (tertiary/aromatic N) is 3. The maximum Gasteiger partial charge on any atom is 0.211 e. The first kappa shape index (κ1) is 18.9. The first-order valence-electron chi connectivity index (χ1n) is 9.63. The van der Waals surface area contributed by atoms with Crippen molar-refractivity contribution in [3.05, 3.63) is 46.2 Å². The van der Waals surface area contributed by atoms with Crippen LogP contribution in [0, 0.1) is 0 Å². The maximum absolute atomic E-state index is 12.0. The number of methoxy groups -OCH3 is 1. The molecule has 0 unspecified atom stereocenters.